The Balaban J connectivity index is 1.74. The molecule has 0 saturated heterocycles. The standard InChI is InChI=1S/C24H26Cl2N4O4S/c1-5-34-21-9-7-20(8-10-21)29(35(4,32)33)15-24(31)28-27-14-18-12-16(2)30(17(18)3)23-11-6-19(25)13-22(23)26/h6-14H,5,15H2,1-4H3,(H,28,31)/b27-14+. The number of aryl methyl sites for hydroxylation is 1. The molecule has 1 aromatic heterocycles. The minimum absolute atomic E-state index is 0.346. The van der Waals surface area contributed by atoms with Crippen molar-refractivity contribution in [3.8, 4) is 11.4 Å². The number of carbonyl (C=O) groups is 1. The third kappa shape index (κ3) is 6.56. The minimum Gasteiger partial charge on any atom is -0.494 e. The van der Waals surface area contributed by atoms with Gasteiger partial charge in [0.1, 0.15) is 12.3 Å². The average Bonchev–Trinajstić information content (AvgIpc) is 3.05. The zero-order valence-corrected chi connectivity index (χ0v) is 22.1. The Morgan fingerprint density at radius 2 is 1.83 bits per heavy atom. The second-order valence-corrected chi connectivity index (χ2v) is 10.5. The summed E-state index contributed by atoms with van der Waals surface area (Å²) in [6.45, 7) is 5.74. The number of hydrogen-bond acceptors (Lipinski definition) is 5. The van der Waals surface area contributed by atoms with Gasteiger partial charge in [-0.3, -0.25) is 9.10 Å². The van der Waals surface area contributed by atoms with Crippen molar-refractivity contribution < 1.29 is 17.9 Å². The molecule has 11 heteroatoms. The number of amides is 1. The van der Waals surface area contributed by atoms with E-state index in [0.29, 0.717) is 28.1 Å². The number of ether oxygens (including phenoxy) is 1. The largest absolute Gasteiger partial charge is 0.494 e. The Kier molecular flexibility index (Phi) is 8.47. The van der Waals surface area contributed by atoms with Gasteiger partial charge in [-0.1, -0.05) is 23.2 Å². The van der Waals surface area contributed by atoms with Gasteiger partial charge >= 0.3 is 0 Å². The third-order valence-electron chi connectivity index (χ3n) is 5.14. The molecule has 0 atom stereocenters. The molecule has 35 heavy (non-hydrogen) atoms. The maximum absolute atomic E-state index is 12.5. The highest BCUT2D eigenvalue weighted by atomic mass is 35.5. The molecule has 0 fully saturated rings. The molecule has 0 saturated carbocycles. The van der Waals surface area contributed by atoms with Crippen molar-refractivity contribution in [2.75, 3.05) is 23.7 Å². The predicted molar refractivity (Wildman–Crippen MR) is 141 cm³/mol. The first kappa shape index (κ1) is 26.6. The van der Waals surface area contributed by atoms with Crippen molar-refractivity contribution in [2.45, 2.75) is 20.8 Å². The van der Waals surface area contributed by atoms with Crippen LogP contribution in [0.25, 0.3) is 5.69 Å². The van der Waals surface area contributed by atoms with E-state index in [-0.39, 0.29) is 0 Å². The molecule has 0 aliphatic rings. The quantitative estimate of drug-likeness (QED) is 0.316. The van der Waals surface area contributed by atoms with E-state index in [0.717, 1.165) is 33.2 Å². The fourth-order valence-electron chi connectivity index (χ4n) is 3.57. The Morgan fingerprint density at radius 1 is 1.14 bits per heavy atom. The van der Waals surface area contributed by atoms with Gasteiger partial charge in [-0.25, -0.2) is 13.8 Å². The summed E-state index contributed by atoms with van der Waals surface area (Å²) in [7, 11) is -3.71. The zero-order valence-electron chi connectivity index (χ0n) is 19.7. The Hall–Kier alpha value is -3.01. The van der Waals surface area contributed by atoms with E-state index >= 15 is 0 Å². The highest BCUT2D eigenvalue weighted by Gasteiger charge is 2.21. The molecule has 0 bridgehead atoms. The molecule has 3 aromatic rings. The number of aromatic nitrogens is 1. The van der Waals surface area contributed by atoms with Gasteiger partial charge in [-0.15, -0.1) is 0 Å². The number of hydrogen-bond donors (Lipinski definition) is 1. The first-order chi connectivity index (χ1) is 16.5. The highest BCUT2D eigenvalue weighted by molar-refractivity contribution is 7.92. The summed E-state index contributed by atoms with van der Waals surface area (Å²) in [5.74, 6) is 0.0198. The lowest BCUT2D eigenvalue weighted by Crippen LogP contribution is -2.39. The van der Waals surface area contributed by atoms with Crippen LogP contribution in [0, 0.1) is 13.8 Å². The highest BCUT2D eigenvalue weighted by Crippen LogP contribution is 2.28. The SMILES string of the molecule is CCOc1ccc(N(CC(=O)N/N=C/c2cc(C)n(-c3ccc(Cl)cc3Cl)c2C)S(C)(=O)=O)cc1. The summed E-state index contributed by atoms with van der Waals surface area (Å²) in [6.07, 6.45) is 2.54. The number of nitrogens with one attached hydrogen (secondary N) is 1. The minimum atomic E-state index is -3.71. The molecule has 3 rings (SSSR count). The van der Waals surface area contributed by atoms with E-state index in [9.17, 15) is 13.2 Å². The molecule has 8 nitrogen and oxygen atoms in total. The van der Waals surface area contributed by atoms with Crippen LogP contribution >= 0.6 is 23.2 Å². The van der Waals surface area contributed by atoms with Gasteiger partial charge in [0, 0.05) is 22.0 Å². The van der Waals surface area contributed by atoms with Crippen molar-refractivity contribution >= 4 is 51.0 Å². The van der Waals surface area contributed by atoms with Crippen molar-refractivity contribution in [3.63, 3.8) is 0 Å². The molecule has 2 aromatic carbocycles. The van der Waals surface area contributed by atoms with Gasteiger partial charge in [0.05, 0.1) is 35.5 Å². The summed E-state index contributed by atoms with van der Waals surface area (Å²) in [4.78, 5) is 12.5. The summed E-state index contributed by atoms with van der Waals surface area (Å²) < 4.78 is 32.9. The van der Waals surface area contributed by atoms with Crippen LogP contribution in [0.3, 0.4) is 0 Å². The van der Waals surface area contributed by atoms with Crippen molar-refractivity contribution in [2.24, 2.45) is 5.10 Å². The van der Waals surface area contributed by atoms with Crippen LogP contribution in [-0.2, 0) is 14.8 Å². The van der Waals surface area contributed by atoms with Gasteiger partial charge in [-0.2, -0.15) is 5.10 Å². The third-order valence-corrected chi connectivity index (χ3v) is 6.82. The van der Waals surface area contributed by atoms with Crippen LogP contribution in [0.5, 0.6) is 5.75 Å². The predicted octanol–water partition coefficient (Wildman–Crippen LogP) is 4.72. The molecule has 0 unspecified atom stereocenters. The van der Waals surface area contributed by atoms with Gasteiger partial charge in [0.2, 0.25) is 10.0 Å². The molecule has 0 radical (unpaired) electrons. The van der Waals surface area contributed by atoms with Crippen molar-refractivity contribution in [1.29, 1.82) is 0 Å². The number of sulfonamides is 1. The van der Waals surface area contributed by atoms with Crippen LogP contribution in [0.4, 0.5) is 5.69 Å². The Bertz CT molecular complexity index is 1350. The van der Waals surface area contributed by atoms with Crippen LogP contribution in [0.1, 0.15) is 23.9 Å². The van der Waals surface area contributed by atoms with E-state index in [1.807, 2.05) is 37.5 Å². The van der Waals surface area contributed by atoms with E-state index in [1.54, 1.807) is 36.4 Å². The van der Waals surface area contributed by atoms with Crippen molar-refractivity contribution in [3.05, 3.63) is 75.5 Å². The zero-order chi connectivity index (χ0) is 25.8. The maximum atomic E-state index is 12.5. The lowest BCUT2D eigenvalue weighted by atomic mass is 10.2. The summed E-state index contributed by atoms with van der Waals surface area (Å²) in [5, 5.41) is 5.07. The molecule has 1 N–H and O–H groups in total. The lowest BCUT2D eigenvalue weighted by Gasteiger charge is -2.21. The molecule has 0 aliphatic carbocycles. The van der Waals surface area contributed by atoms with Gasteiger partial charge in [0.15, 0.2) is 0 Å². The average molecular weight is 537 g/mol. The van der Waals surface area contributed by atoms with E-state index in [2.05, 4.69) is 10.5 Å². The number of nitrogens with zero attached hydrogens (tertiary/aromatic N) is 3. The number of carbonyl (C=O) groups excluding carboxylic acids is 1. The molecular formula is C24H26Cl2N4O4S. The number of benzene rings is 2. The maximum Gasteiger partial charge on any atom is 0.260 e. The van der Waals surface area contributed by atoms with Crippen LogP contribution < -0.4 is 14.5 Å². The van der Waals surface area contributed by atoms with E-state index in [1.165, 1.54) is 6.21 Å². The topological polar surface area (TPSA) is 93.0 Å². The molecular weight excluding hydrogens is 511 g/mol. The normalized spacial score (nSPS) is 11.6. The summed E-state index contributed by atoms with van der Waals surface area (Å²) >= 11 is 12.4. The number of rotatable bonds is 9. The Labute approximate surface area is 215 Å². The number of hydrazone groups is 1. The molecule has 1 heterocycles. The number of anilines is 1. The first-order valence-electron chi connectivity index (χ1n) is 10.7. The van der Waals surface area contributed by atoms with E-state index in [4.69, 9.17) is 27.9 Å². The fourth-order valence-corrected chi connectivity index (χ4v) is 4.92. The van der Waals surface area contributed by atoms with Gasteiger partial charge in [0.25, 0.3) is 5.91 Å². The van der Waals surface area contributed by atoms with Crippen molar-refractivity contribution in [1.82, 2.24) is 9.99 Å². The van der Waals surface area contributed by atoms with Crippen LogP contribution in [0.2, 0.25) is 10.0 Å². The second-order valence-electron chi connectivity index (χ2n) is 7.75. The van der Waals surface area contributed by atoms with Crippen LogP contribution in [-0.4, -0.2) is 44.5 Å². The van der Waals surface area contributed by atoms with Crippen LogP contribution in [0.15, 0.2) is 53.6 Å². The fraction of sp³-hybridized carbons (Fsp3) is 0.250. The molecule has 0 spiro atoms. The smallest absolute Gasteiger partial charge is 0.260 e. The summed E-state index contributed by atoms with van der Waals surface area (Å²) in [6, 6.07) is 13.6. The second kappa shape index (κ2) is 11.2. The van der Waals surface area contributed by atoms with Gasteiger partial charge in [-0.05, 0) is 69.3 Å². The Morgan fingerprint density at radius 3 is 2.43 bits per heavy atom. The molecule has 1 amide bonds. The monoisotopic (exact) mass is 536 g/mol. The summed E-state index contributed by atoms with van der Waals surface area (Å²) in [5.41, 5.74) is 6.05. The lowest BCUT2D eigenvalue weighted by molar-refractivity contribution is -0.119. The number of halogens is 2. The molecule has 0 aliphatic heterocycles. The molecule has 186 valence electrons. The first-order valence-corrected chi connectivity index (χ1v) is 13.3. The van der Waals surface area contributed by atoms with Gasteiger partial charge < -0.3 is 9.30 Å². The van der Waals surface area contributed by atoms with E-state index < -0.39 is 22.5 Å².